The molecule has 1 N–H and O–H groups in total. The Labute approximate surface area is 175 Å². The number of hydrogen-bond donors (Lipinski definition) is 1. The van der Waals surface area contributed by atoms with E-state index in [9.17, 15) is 18.0 Å². The van der Waals surface area contributed by atoms with Gasteiger partial charge in [-0.15, -0.1) is 5.10 Å². The van der Waals surface area contributed by atoms with E-state index in [4.69, 9.17) is 4.74 Å². The molecule has 1 amide bonds. The number of nitrogens with one attached hydrogen (secondary N) is 1. The van der Waals surface area contributed by atoms with Gasteiger partial charge >= 0.3 is 6.61 Å². The smallest absolute Gasteiger partial charge is 0.387 e. The van der Waals surface area contributed by atoms with Crippen molar-refractivity contribution in [3.63, 3.8) is 0 Å². The zero-order chi connectivity index (χ0) is 22.4. The van der Waals surface area contributed by atoms with E-state index in [0.29, 0.717) is 17.1 Å². The van der Waals surface area contributed by atoms with Gasteiger partial charge in [-0.3, -0.25) is 4.79 Å². The Hall–Kier alpha value is -3.89. The SMILES string of the molecule is CCOc1cc(/C=C/C(=O)Nc2cc(-n3nnnc3C)ccc2F)ccc1OC(F)F. The Kier molecular flexibility index (Phi) is 6.85. The number of carbonyl (C=O) groups excluding carboxylic acids is 1. The second kappa shape index (κ2) is 9.74. The highest BCUT2D eigenvalue weighted by Gasteiger charge is 2.12. The summed E-state index contributed by atoms with van der Waals surface area (Å²) in [6.45, 7) is 0.623. The van der Waals surface area contributed by atoms with E-state index in [1.165, 1.54) is 53.2 Å². The third kappa shape index (κ3) is 5.59. The number of carbonyl (C=O) groups is 1. The molecule has 2 aromatic carbocycles. The predicted octanol–water partition coefficient (Wildman–Crippen LogP) is 3.76. The molecule has 3 rings (SSSR count). The number of rotatable bonds is 8. The van der Waals surface area contributed by atoms with Crippen LogP contribution < -0.4 is 14.8 Å². The Morgan fingerprint density at radius 2 is 2.03 bits per heavy atom. The molecule has 0 aliphatic rings. The minimum absolute atomic E-state index is 0.0577. The molecule has 1 heterocycles. The van der Waals surface area contributed by atoms with Crippen LogP contribution in [0, 0.1) is 12.7 Å². The summed E-state index contributed by atoms with van der Waals surface area (Å²) < 4.78 is 50.2. The van der Waals surface area contributed by atoms with Crippen molar-refractivity contribution in [2.45, 2.75) is 20.5 Å². The third-order valence-electron chi connectivity index (χ3n) is 3.99. The molecule has 162 valence electrons. The van der Waals surface area contributed by atoms with E-state index in [1.54, 1.807) is 13.8 Å². The van der Waals surface area contributed by atoms with Gasteiger partial charge in [-0.05, 0) is 66.2 Å². The van der Waals surface area contributed by atoms with Crippen molar-refractivity contribution in [2.24, 2.45) is 0 Å². The standard InChI is InChI=1S/C20H18F3N5O3/c1-3-30-18-10-13(4-8-17(18)31-20(22)23)5-9-19(29)24-16-11-14(6-7-15(16)21)28-12(2)25-26-27-28/h4-11,20H,3H2,1-2H3,(H,24,29)/b9-5+. The zero-order valence-electron chi connectivity index (χ0n) is 16.6. The van der Waals surface area contributed by atoms with Crippen LogP contribution in [0.3, 0.4) is 0 Å². The lowest BCUT2D eigenvalue weighted by molar-refractivity contribution is -0.111. The largest absolute Gasteiger partial charge is 0.490 e. The fourth-order valence-corrected chi connectivity index (χ4v) is 2.65. The zero-order valence-corrected chi connectivity index (χ0v) is 16.6. The summed E-state index contributed by atoms with van der Waals surface area (Å²) in [7, 11) is 0. The van der Waals surface area contributed by atoms with Crippen LogP contribution in [0.2, 0.25) is 0 Å². The number of hydrogen-bond acceptors (Lipinski definition) is 6. The quantitative estimate of drug-likeness (QED) is 0.544. The van der Waals surface area contributed by atoms with Gasteiger partial charge in [0.25, 0.3) is 0 Å². The number of amides is 1. The number of tetrazole rings is 1. The molecule has 0 fully saturated rings. The van der Waals surface area contributed by atoms with Crippen LogP contribution >= 0.6 is 0 Å². The molecule has 0 aliphatic carbocycles. The lowest BCUT2D eigenvalue weighted by atomic mass is 10.2. The molecule has 0 bridgehead atoms. The van der Waals surface area contributed by atoms with Crippen molar-refractivity contribution in [1.82, 2.24) is 20.2 Å². The minimum atomic E-state index is -2.99. The molecule has 0 saturated heterocycles. The third-order valence-corrected chi connectivity index (χ3v) is 3.99. The van der Waals surface area contributed by atoms with Crippen LogP contribution in [0.15, 0.2) is 42.5 Å². The first-order valence-electron chi connectivity index (χ1n) is 9.13. The van der Waals surface area contributed by atoms with Crippen molar-refractivity contribution < 1.29 is 27.4 Å². The number of nitrogens with zero attached hydrogens (tertiary/aromatic N) is 4. The van der Waals surface area contributed by atoms with Gasteiger partial charge in [-0.2, -0.15) is 13.5 Å². The van der Waals surface area contributed by atoms with Gasteiger partial charge in [-0.1, -0.05) is 6.07 Å². The van der Waals surface area contributed by atoms with Gasteiger partial charge in [-0.25, -0.2) is 4.39 Å². The Bertz CT molecular complexity index is 1100. The maximum Gasteiger partial charge on any atom is 0.387 e. The number of aromatic nitrogens is 4. The average molecular weight is 433 g/mol. The van der Waals surface area contributed by atoms with Crippen LogP contribution in [-0.4, -0.2) is 39.3 Å². The number of aryl methyl sites for hydroxylation is 1. The fourth-order valence-electron chi connectivity index (χ4n) is 2.65. The van der Waals surface area contributed by atoms with Gasteiger partial charge in [0.2, 0.25) is 5.91 Å². The van der Waals surface area contributed by atoms with E-state index in [-0.39, 0.29) is 23.8 Å². The molecule has 0 saturated carbocycles. The molecule has 31 heavy (non-hydrogen) atoms. The first-order chi connectivity index (χ1) is 14.9. The Morgan fingerprint density at radius 3 is 2.71 bits per heavy atom. The summed E-state index contributed by atoms with van der Waals surface area (Å²) >= 11 is 0. The number of anilines is 1. The number of ether oxygens (including phenoxy) is 2. The fraction of sp³-hybridized carbons (Fsp3) is 0.200. The summed E-state index contributed by atoms with van der Waals surface area (Å²) in [6, 6.07) is 8.30. The van der Waals surface area contributed by atoms with Crippen molar-refractivity contribution in [2.75, 3.05) is 11.9 Å². The molecule has 0 spiro atoms. The molecule has 3 aromatic rings. The number of alkyl halides is 2. The van der Waals surface area contributed by atoms with Crippen LogP contribution in [0.4, 0.5) is 18.9 Å². The molecule has 0 aliphatic heterocycles. The lowest BCUT2D eigenvalue weighted by Gasteiger charge is -2.11. The van der Waals surface area contributed by atoms with Crippen LogP contribution in [0.1, 0.15) is 18.3 Å². The van der Waals surface area contributed by atoms with E-state index >= 15 is 0 Å². The first-order valence-corrected chi connectivity index (χ1v) is 9.13. The Morgan fingerprint density at radius 1 is 1.23 bits per heavy atom. The van der Waals surface area contributed by atoms with Gasteiger partial charge in [0, 0.05) is 6.08 Å². The van der Waals surface area contributed by atoms with Crippen molar-refractivity contribution >= 4 is 17.7 Å². The Balaban J connectivity index is 1.75. The predicted molar refractivity (Wildman–Crippen MR) is 106 cm³/mol. The van der Waals surface area contributed by atoms with E-state index < -0.39 is 18.3 Å². The highest BCUT2D eigenvalue weighted by molar-refractivity contribution is 6.02. The van der Waals surface area contributed by atoms with Crippen molar-refractivity contribution in [1.29, 1.82) is 0 Å². The molecular weight excluding hydrogens is 415 g/mol. The lowest BCUT2D eigenvalue weighted by Crippen LogP contribution is -2.10. The van der Waals surface area contributed by atoms with E-state index in [1.807, 2.05) is 0 Å². The normalized spacial score (nSPS) is 11.2. The molecule has 0 unspecified atom stereocenters. The van der Waals surface area contributed by atoms with E-state index in [0.717, 1.165) is 0 Å². The summed E-state index contributed by atoms with van der Waals surface area (Å²) in [6.07, 6.45) is 2.60. The van der Waals surface area contributed by atoms with Crippen LogP contribution in [0.5, 0.6) is 11.5 Å². The molecule has 11 heteroatoms. The van der Waals surface area contributed by atoms with Crippen LogP contribution in [-0.2, 0) is 4.79 Å². The minimum Gasteiger partial charge on any atom is -0.490 e. The van der Waals surface area contributed by atoms with Crippen molar-refractivity contribution in [3.8, 4) is 17.2 Å². The van der Waals surface area contributed by atoms with Crippen LogP contribution in [0.25, 0.3) is 11.8 Å². The highest BCUT2D eigenvalue weighted by Crippen LogP contribution is 2.30. The second-order valence-electron chi connectivity index (χ2n) is 6.14. The first kappa shape index (κ1) is 21.8. The molecule has 1 aromatic heterocycles. The van der Waals surface area contributed by atoms with Crippen molar-refractivity contribution in [3.05, 3.63) is 59.7 Å². The molecule has 0 radical (unpaired) electrons. The van der Waals surface area contributed by atoms with Gasteiger partial charge < -0.3 is 14.8 Å². The highest BCUT2D eigenvalue weighted by atomic mass is 19.3. The molecule has 8 nitrogen and oxygen atoms in total. The molecular formula is C20H18F3N5O3. The topological polar surface area (TPSA) is 91.2 Å². The summed E-state index contributed by atoms with van der Waals surface area (Å²) in [5.41, 5.74) is 0.913. The van der Waals surface area contributed by atoms with Gasteiger partial charge in [0.05, 0.1) is 18.0 Å². The maximum atomic E-state index is 14.1. The summed E-state index contributed by atoms with van der Waals surface area (Å²) in [4.78, 5) is 12.3. The van der Waals surface area contributed by atoms with E-state index in [2.05, 4.69) is 25.6 Å². The molecule has 0 atom stereocenters. The maximum absolute atomic E-state index is 14.1. The summed E-state index contributed by atoms with van der Waals surface area (Å²) in [5.74, 6) is -0.747. The van der Waals surface area contributed by atoms with Gasteiger partial charge in [0.1, 0.15) is 5.82 Å². The number of benzene rings is 2. The summed E-state index contributed by atoms with van der Waals surface area (Å²) in [5, 5.41) is 13.5. The number of halogens is 3. The monoisotopic (exact) mass is 433 g/mol. The van der Waals surface area contributed by atoms with Gasteiger partial charge in [0.15, 0.2) is 17.3 Å². The second-order valence-corrected chi connectivity index (χ2v) is 6.14. The average Bonchev–Trinajstić information content (AvgIpc) is 3.15.